The van der Waals surface area contributed by atoms with Crippen LogP contribution in [0.3, 0.4) is 0 Å². The lowest BCUT2D eigenvalue weighted by Crippen LogP contribution is -2.46. The maximum absolute atomic E-state index is 11.9. The average molecular weight is 296 g/mol. The number of hydrogen-bond donors (Lipinski definition) is 2. The van der Waals surface area contributed by atoms with Crippen molar-refractivity contribution in [1.82, 2.24) is 20.0 Å². The Bertz CT molecular complexity index is 496. The first-order chi connectivity index (χ1) is 10.0. The summed E-state index contributed by atoms with van der Waals surface area (Å²) in [4.78, 5) is 24.9. The molecule has 2 heterocycles. The molecular formula is C13H20N4O4. The summed E-state index contributed by atoms with van der Waals surface area (Å²) < 4.78 is 6.59. The van der Waals surface area contributed by atoms with Crippen molar-refractivity contribution in [3.63, 3.8) is 0 Å². The van der Waals surface area contributed by atoms with Crippen LogP contribution in [-0.4, -0.2) is 70.6 Å². The zero-order chi connectivity index (χ0) is 15.2. The van der Waals surface area contributed by atoms with Crippen LogP contribution in [-0.2, 0) is 16.1 Å². The second-order valence-electron chi connectivity index (χ2n) is 5.11. The predicted octanol–water partition coefficient (Wildman–Crippen LogP) is -0.582. The van der Waals surface area contributed by atoms with Gasteiger partial charge in [-0.1, -0.05) is 0 Å². The van der Waals surface area contributed by atoms with Crippen molar-refractivity contribution in [2.24, 2.45) is 0 Å². The molecule has 0 radical (unpaired) electrons. The molecule has 2 N–H and O–H groups in total. The van der Waals surface area contributed by atoms with Gasteiger partial charge in [0.1, 0.15) is 6.54 Å². The Morgan fingerprint density at radius 3 is 2.81 bits per heavy atom. The van der Waals surface area contributed by atoms with E-state index in [0.717, 1.165) is 32.8 Å². The third-order valence-electron chi connectivity index (χ3n) is 3.23. The third kappa shape index (κ3) is 4.83. The van der Waals surface area contributed by atoms with Crippen LogP contribution in [0, 0.1) is 0 Å². The summed E-state index contributed by atoms with van der Waals surface area (Å²) in [6.45, 7) is 5.94. The standard InChI is InChI=1S/C13H20N4O4/c1-10(7-16-2-4-21-5-3-16)15-12(18)9-17-8-11(6-14-17)13(19)20/h6,8,10H,2-5,7,9H2,1H3,(H,15,18)(H,19,20). The molecule has 1 saturated heterocycles. The second kappa shape index (κ2) is 7.19. The van der Waals surface area contributed by atoms with Gasteiger partial charge in [0, 0.05) is 31.9 Å². The van der Waals surface area contributed by atoms with Crippen LogP contribution < -0.4 is 5.32 Å². The summed E-state index contributed by atoms with van der Waals surface area (Å²) in [5.74, 6) is -1.24. The Morgan fingerprint density at radius 2 is 2.19 bits per heavy atom. The fourth-order valence-corrected chi connectivity index (χ4v) is 2.24. The van der Waals surface area contributed by atoms with E-state index >= 15 is 0 Å². The summed E-state index contributed by atoms with van der Waals surface area (Å²) in [7, 11) is 0. The van der Waals surface area contributed by atoms with Gasteiger partial charge in [-0.3, -0.25) is 14.4 Å². The van der Waals surface area contributed by atoms with Gasteiger partial charge in [-0.15, -0.1) is 0 Å². The highest BCUT2D eigenvalue weighted by Gasteiger charge is 2.16. The van der Waals surface area contributed by atoms with Gasteiger partial charge in [-0.25, -0.2) is 4.79 Å². The quantitative estimate of drug-likeness (QED) is 0.729. The molecule has 1 aliphatic heterocycles. The van der Waals surface area contributed by atoms with Gasteiger partial charge in [0.15, 0.2) is 0 Å². The highest BCUT2D eigenvalue weighted by atomic mass is 16.5. The van der Waals surface area contributed by atoms with Crippen molar-refractivity contribution >= 4 is 11.9 Å². The number of aromatic carboxylic acids is 1. The van der Waals surface area contributed by atoms with Crippen LogP contribution in [0.2, 0.25) is 0 Å². The smallest absolute Gasteiger partial charge is 0.338 e. The molecule has 21 heavy (non-hydrogen) atoms. The molecular weight excluding hydrogens is 276 g/mol. The minimum atomic E-state index is -1.05. The molecule has 2 rings (SSSR count). The Balaban J connectivity index is 1.76. The number of carboxylic acids is 1. The topological polar surface area (TPSA) is 96.7 Å². The maximum atomic E-state index is 11.9. The number of carbonyl (C=O) groups is 2. The Kier molecular flexibility index (Phi) is 5.29. The van der Waals surface area contributed by atoms with E-state index in [4.69, 9.17) is 9.84 Å². The molecule has 0 bridgehead atoms. The van der Waals surface area contributed by atoms with Crippen molar-refractivity contribution in [3.05, 3.63) is 18.0 Å². The largest absolute Gasteiger partial charge is 0.478 e. The zero-order valence-electron chi connectivity index (χ0n) is 12.0. The normalized spacial score (nSPS) is 17.4. The zero-order valence-corrected chi connectivity index (χ0v) is 12.0. The van der Waals surface area contributed by atoms with E-state index in [9.17, 15) is 9.59 Å². The van der Waals surface area contributed by atoms with Crippen molar-refractivity contribution < 1.29 is 19.4 Å². The van der Waals surface area contributed by atoms with Gasteiger partial charge in [-0.05, 0) is 6.92 Å². The van der Waals surface area contributed by atoms with Gasteiger partial charge in [0.2, 0.25) is 5.91 Å². The number of carboxylic acid groups (broad SMARTS) is 1. The van der Waals surface area contributed by atoms with Gasteiger partial charge >= 0.3 is 5.97 Å². The molecule has 1 aliphatic rings. The lowest BCUT2D eigenvalue weighted by atomic mass is 10.3. The number of amides is 1. The molecule has 8 nitrogen and oxygen atoms in total. The first-order valence-corrected chi connectivity index (χ1v) is 6.90. The number of nitrogens with zero attached hydrogens (tertiary/aromatic N) is 3. The SMILES string of the molecule is CC(CN1CCOCC1)NC(=O)Cn1cc(C(=O)O)cn1. The minimum Gasteiger partial charge on any atom is -0.478 e. The maximum Gasteiger partial charge on any atom is 0.338 e. The Labute approximate surface area is 122 Å². The number of nitrogens with one attached hydrogen (secondary N) is 1. The van der Waals surface area contributed by atoms with E-state index in [-0.39, 0.29) is 24.1 Å². The van der Waals surface area contributed by atoms with E-state index < -0.39 is 5.97 Å². The highest BCUT2D eigenvalue weighted by molar-refractivity contribution is 5.87. The second-order valence-corrected chi connectivity index (χ2v) is 5.11. The molecule has 1 aromatic rings. The summed E-state index contributed by atoms with van der Waals surface area (Å²) in [6.07, 6.45) is 2.57. The lowest BCUT2D eigenvalue weighted by Gasteiger charge is -2.29. The molecule has 1 fully saturated rings. The third-order valence-corrected chi connectivity index (χ3v) is 3.23. The molecule has 0 aromatic carbocycles. The van der Waals surface area contributed by atoms with E-state index in [1.807, 2.05) is 6.92 Å². The Hall–Kier alpha value is -1.93. The fourth-order valence-electron chi connectivity index (χ4n) is 2.24. The molecule has 1 atom stereocenters. The number of morpholine rings is 1. The van der Waals surface area contributed by atoms with E-state index in [1.165, 1.54) is 17.1 Å². The van der Waals surface area contributed by atoms with Crippen molar-refractivity contribution in [3.8, 4) is 0 Å². The Morgan fingerprint density at radius 1 is 1.48 bits per heavy atom. The lowest BCUT2D eigenvalue weighted by molar-refractivity contribution is -0.122. The number of rotatable bonds is 6. The summed E-state index contributed by atoms with van der Waals surface area (Å²) in [5.41, 5.74) is 0.0733. The molecule has 8 heteroatoms. The van der Waals surface area contributed by atoms with E-state index in [2.05, 4.69) is 15.3 Å². The molecule has 0 spiro atoms. The number of carbonyl (C=O) groups excluding carboxylic acids is 1. The van der Waals surface area contributed by atoms with Crippen molar-refractivity contribution in [1.29, 1.82) is 0 Å². The molecule has 1 aromatic heterocycles. The molecule has 116 valence electrons. The fraction of sp³-hybridized carbons (Fsp3) is 0.615. The summed E-state index contributed by atoms with van der Waals surface area (Å²) in [5, 5.41) is 15.5. The van der Waals surface area contributed by atoms with Crippen molar-refractivity contribution in [2.45, 2.75) is 19.5 Å². The number of aromatic nitrogens is 2. The van der Waals surface area contributed by atoms with Crippen LogP contribution in [0.5, 0.6) is 0 Å². The van der Waals surface area contributed by atoms with E-state index in [1.54, 1.807) is 0 Å². The molecule has 1 unspecified atom stereocenters. The molecule has 0 saturated carbocycles. The molecule has 1 amide bonds. The van der Waals surface area contributed by atoms with Gasteiger partial charge in [-0.2, -0.15) is 5.10 Å². The van der Waals surface area contributed by atoms with Crippen LogP contribution in [0.1, 0.15) is 17.3 Å². The monoisotopic (exact) mass is 296 g/mol. The van der Waals surface area contributed by atoms with Crippen molar-refractivity contribution in [2.75, 3.05) is 32.8 Å². The predicted molar refractivity (Wildman–Crippen MR) is 74.1 cm³/mol. The van der Waals surface area contributed by atoms with Crippen LogP contribution in [0.25, 0.3) is 0 Å². The van der Waals surface area contributed by atoms with Crippen LogP contribution in [0.15, 0.2) is 12.4 Å². The first kappa shape index (κ1) is 15.5. The number of ether oxygens (including phenoxy) is 1. The van der Waals surface area contributed by atoms with Gasteiger partial charge < -0.3 is 15.2 Å². The number of hydrogen-bond acceptors (Lipinski definition) is 5. The van der Waals surface area contributed by atoms with Crippen LogP contribution >= 0.6 is 0 Å². The average Bonchev–Trinajstić information content (AvgIpc) is 2.88. The minimum absolute atomic E-state index is 0.0146. The molecule has 0 aliphatic carbocycles. The first-order valence-electron chi connectivity index (χ1n) is 6.90. The van der Waals surface area contributed by atoms with E-state index in [0.29, 0.717) is 0 Å². The summed E-state index contributed by atoms with van der Waals surface area (Å²) in [6, 6.07) is 0.0186. The summed E-state index contributed by atoms with van der Waals surface area (Å²) >= 11 is 0. The highest BCUT2D eigenvalue weighted by Crippen LogP contribution is 2.00. The van der Waals surface area contributed by atoms with Gasteiger partial charge in [0.05, 0.1) is 25.0 Å². The van der Waals surface area contributed by atoms with Gasteiger partial charge in [0.25, 0.3) is 0 Å². The van der Waals surface area contributed by atoms with Crippen LogP contribution in [0.4, 0.5) is 0 Å².